The molecular weight excluding hydrogens is 176 g/mol. The minimum atomic E-state index is -0.127. The Labute approximate surface area is 87.5 Å². The fourth-order valence-corrected chi connectivity index (χ4v) is 1.85. The lowest BCUT2D eigenvalue weighted by molar-refractivity contribution is 0.0877. The van der Waals surface area contributed by atoms with Crippen molar-refractivity contribution in [3.05, 3.63) is 0 Å². The average Bonchev–Trinajstić information content (AvgIpc) is 2.16. The van der Waals surface area contributed by atoms with Crippen molar-refractivity contribution >= 4 is 0 Å². The Bertz CT molecular complexity index is 161. The zero-order chi connectivity index (χ0) is 10.6. The summed E-state index contributed by atoms with van der Waals surface area (Å²) < 4.78 is 0. The Morgan fingerprint density at radius 2 is 2.00 bits per heavy atom. The van der Waals surface area contributed by atoms with E-state index in [0.717, 1.165) is 19.4 Å². The fraction of sp³-hybridized carbons (Fsp3) is 1.00. The van der Waals surface area contributed by atoms with E-state index in [1.54, 1.807) is 0 Å². The highest BCUT2D eigenvalue weighted by Crippen LogP contribution is 2.18. The van der Waals surface area contributed by atoms with Crippen LogP contribution >= 0.6 is 0 Å². The molecule has 0 bridgehead atoms. The normalized spacial score (nSPS) is 30.6. The molecule has 0 aliphatic heterocycles. The first-order valence-corrected chi connectivity index (χ1v) is 5.69. The Kier molecular flexibility index (Phi) is 4.85. The van der Waals surface area contributed by atoms with Gasteiger partial charge in [0.2, 0.25) is 0 Å². The molecule has 0 aromatic carbocycles. The predicted molar refractivity (Wildman–Crippen MR) is 59.4 cm³/mol. The molecule has 1 rings (SSSR count). The van der Waals surface area contributed by atoms with Gasteiger partial charge in [-0.3, -0.25) is 0 Å². The Hall–Kier alpha value is -0.120. The van der Waals surface area contributed by atoms with E-state index in [0.29, 0.717) is 12.1 Å². The summed E-state index contributed by atoms with van der Waals surface area (Å²) in [4.78, 5) is 2.20. The van der Waals surface area contributed by atoms with Gasteiger partial charge in [-0.05, 0) is 33.9 Å². The maximum absolute atomic E-state index is 9.74. The number of aliphatic hydroxyl groups is 1. The summed E-state index contributed by atoms with van der Waals surface area (Å²) in [6.07, 6.45) is 4.40. The van der Waals surface area contributed by atoms with E-state index in [-0.39, 0.29) is 6.10 Å². The first-order chi connectivity index (χ1) is 6.61. The molecule has 0 radical (unpaired) electrons. The number of nitrogens with one attached hydrogen (secondary N) is 1. The SMILES string of the molecule is CC(CN[C@@H]1CCCC[C@H]1O)N(C)C. The van der Waals surface area contributed by atoms with Gasteiger partial charge in [0.15, 0.2) is 0 Å². The molecule has 0 saturated heterocycles. The fourth-order valence-electron chi connectivity index (χ4n) is 1.85. The molecule has 3 atom stereocenters. The van der Waals surface area contributed by atoms with Crippen molar-refractivity contribution in [1.82, 2.24) is 10.2 Å². The zero-order valence-electron chi connectivity index (χ0n) is 9.66. The van der Waals surface area contributed by atoms with Crippen LogP contribution in [0.25, 0.3) is 0 Å². The van der Waals surface area contributed by atoms with Crippen LogP contribution in [0.1, 0.15) is 32.6 Å². The van der Waals surface area contributed by atoms with Gasteiger partial charge in [-0.15, -0.1) is 0 Å². The van der Waals surface area contributed by atoms with Gasteiger partial charge >= 0.3 is 0 Å². The van der Waals surface area contributed by atoms with Crippen molar-refractivity contribution in [3.63, 3.8) is 0 Å². The average molecular weight is 200 g/mol. The van der Waals surface area contributed by atoms with Gasteiger partial charge in [-0.25, -0.2) is 0 Å². The molecule has 0 aromatic heterocycles. The van der Waals surface area contributed by atoms with Gasteiger partial charge in [-0.1, -0.05) is 12.8 Å². The lowest BCUT2D eigenvalue weighted by atomic mass is 9.92. The van der Waals surface area contributed by atoms with E-state index < -0.39 is 0 Å². The Balaban J connectivity index is 2.22. The summed E-state index contributed by atoms with van der Waals surface area (Å²) in [6, 6.07) is 0.857. The van der Waals surface area contributed by atoms with E-state index in [1.165, 1.54) is 12.8 Å². The van der Waals surface area contributed by atoms with E-state index >= 15 is 0 Å². The van der Waals surface area contributed by atoms with Crippen molar-refractivity contribution in [3.8, 4) is 0 Å². The highest BCUT2D eigenvalue weighted by atomic mass is 16.3. The molecule has 1 fully saturated rings. The molecule has 1 saturated carbocycles. The second-order valence-electron chi connectivity index (χ2n) is 4.68. The minimum Gasteiger partial charge on any atom is -0.392 e. The minimum absolute atomic E-state index is 0.127. The molecule has 0 amide bonds. The third-order valence-corrected chi connectivity index (χ3v) is 3.29. The largest absolute Gasteiger partial charge is 0.392 e. The molecule has 84 valence electrons. The lowest BCUT2D eigenvalue weighted by Gasteiger charge is -2.30. The van der Waals surface area contributed by atoms with Crippen LogP contribution in [0.15, 0.2) is 0 Å². The highest BCUT2D eigenvalue weighted by molar-refractivity contribution is 4.81. The molecule has 1 aliphatic rings. The van der Waals surface area contributed by atoms with E-state index in [9.17, 15) is 5.11 Å². The van der Waals surface area contributed by atoms with Crippen LogP contribution in [-0.2, 0) is 0 Å². The van der Waals surface area contributed by atoms with Crippen molar-refractivity contribution in [2.75, 3.05) is 20.6 Å². The standard InChI is InChI=1S/C11H24N2O/c1-9(13(2)3)8-12-10-6-4-5-7-11(10)14/h9-12,14H,4-8H2,1-3H3/t9?,10-,11-/m1/s1. The molecule has 1 unspecified atom stereocenters. The van der Waals surface area contributed by atoms with Crippen LogP contribution < -0.4 is 5.32 Å². The van der Waals surface area contributed by atoms with Gasteiger partial charge in [0.05, 0.1) is 6.10 Å². The molecule has 0 aromatic rings. The smallest absolute Gasteiger partial charge is 0.0693 e. The van der Waals surface area contributed by atoms with Crippen LogP contribution in [0.5, 0.6) is 0 Å². The van der Waals surface area contributed by atoms with Crippen molar-refractivity contribution in [2.24, 2.45) is 0 Å². The summed E-state index contributed by atoms with van der Waals surface area (Å²) in [5, 5.41) is 13.2. The van der Waals surface area contributed by atoms with Crippen molar-refractivity contribution < 1.29 is 5.11 Å². The monoisotopic (exact) mass is 200 g/mol. The number of rotatable bonds is 4. The van der Waals surface area contributed by atoms with E-state index in [2.05, 4.69) is 31.2 Å². The maximum atomic E-state index is 9.74. The van der Waals surface area contributed by atoms with E-state index in [4.69, 9.17) is 0 Å². The molecule has 0 spiro atoms. The number of likely N-dealkylation sites (N-methyl/N-ethyl adjacent to an activating group) is 1. The quantitative estimate of drug-likeness (QED) is 0.705. The number of nitrogens with zero attached hydrogens (tertiary/aromatic N) is 1. The topological polar surface area (TPSA) is 35.5 Å². The molecule has 1 aliphatic carbocycles. The predicted octanol–water partition coefficient (Wildman–Crippen LogP) is 0.830. The molecule has 3 heteroatoms. The van der Waals surface area contributed by atoms with Crippen LogP contribution in [0.2, 0.25) is 0 Å². The highest BCUT2D eigenvalue weighted by Gasteiger charge is 2.22. The molecule has 0 heterocycles. The summed E-state index contributed by atoms with van der Waals surface area (Å²) in [7, 11) is 4.17. The molecule has 2 N–H and O–H groups in total. The number of aliphatic hydroxyl groups excluding tert-OH is 1. The molecule has 14 heavy (non-hydrogen) atoms. The number of hydrogen-bond acceptors (Lipinski definition) is 3. The summed E-state index contributed by atoms with van der Waals surface area (Å²) in [6.45, 7) is 3.16. The molecular formula is C11H24N2O. The first kappa shape index (κ1) is 12.0. The van der Waals surface area contributed by atoms with Crippen molar-refractivity contribution in [2.45, 2.75) is 50.8 Å². The second-order valence-corrected chi connectivity index (χ2v) is 4.68. The third kappa shape index (κ3) is 3.56. The van der Waals surface area contributed by atoms with Gasteiger partial charge < -0.3 is 15.3 Å². The van der Waals surface area contributed by atoms with Gasteiger partial charge in [-0.2, -0.15) is 0 Å². The van der Waals surface area contributed by atoms with E-state index in [1.807, 2.05) is 0 Å². The maximum Gasteiger partial charge on any atom is 0.0693 e. The molecule has 3 nitrogen and oxygen atoms in total. The van der Waals surface area contributed by atoms with Crippen molar-refractivity contribution in [1.29, 1.82) is 0 Å². The van der Waals surface area contributed by atoms with Gasteiger partial charge in [0.1, 0.15) is 0 Å². The van der Waals surface area contributed by atoms with Crippen LogP contribution in [0, 0.1) is 0 Å². The van der Waals surface area contributed by atoms with Crippen LogP contribution in [-0.4, -0.2) is 48.8 Å². The Morgan fingerprint density at radius 1 is 1.36 bits per heavy atom. The van der Waals surface area contributed by atoms with Crippen LogP contribution in [0.4, 0.5) is 0 Å². The van der Waals surface area contributed by atoms with Gasteiger partial charge in [0.25, 0.3) is 0 Å². The summed E-state index contributed by atoms with van der Waals surface area (Å²) in [5.74, 6) is 0. The summed E-state index contributed by atoms with van der Waals surface area (Å²) >= 11 is 0. The second kappa shape index (κ2) is 5.69. The van der Waals surface area contributed by atoms with Crippen LogP contribution in [0.3, 0.4) is 0 Å². The van der Waals surface area contributed by atoms with Gasteiger partial charge in [0, 0.05) is 18.6 Å². The Morgan fingerprint density at radius 3 is 2.57 bits per heavy atom. The first-order valence-electron chi connectivity index (χ1n) is 5.69. The zero-order valence-corrected chi connectivity index (χ0v) is 9.66. The lowest BCUT2D eigenvalue weighted by Crippen LogP contribution is -2.46. The summed E-state index contributed by atoms with van der Waals surface area (Å²) in [5.41, 5.74) is 0. The number of hydrogen-bond donors (Lipinski definition) is 2. The third-order valence-electron chi connectivity index (χ3n) is 3.29.